The number of amides is 1. The van der Waals surface area contributed by atoms with Crippen molar-refractivity contribution in [1.29, 1.82) is 0 Å². The number of aromatic carboxylic acids is 1. The lowest BCUT2D eigenvalue weighted by Gasteiger charge is -2.04. The predicted molar refractivity (Wildman–Crippen MR) is 82.7 cm³/mol. The second-order valence-corrected chi connectivity index (χ2v) is 4.44. The molecule has 6 heteroatoms. The van der Waals surface area contributed by atoms with Gasteiger partial charge in [0.05, 0.1) is 17.7 Å². The summed E-state index contributed by atoms with van der Waals surface area (Å²) in [5.41, 5.74) is 1.24. The lowest BCUT2D eigenvalue weighted by Crippen LogP contribution is -2.24. The van der Waals surface area contributed by atoms with Gasteiger partial charge in [0.25, 0.3) is 0 Å². The number of nitrogens with one attached hydrogen (secondary N) is 1. The van der Waals surface area contributed by atoms with Crippen LogP contribution in [0.1, 0.15) is 21.5 Å². The minimum absolute atomic E-state index is 0.0432. The zero-order valence-electron chi connectivity index (χ0n) is 12.2. The summed E-state index contributed by atoms with van der Waals surface area (Å²) in [5, 5.41) is 11.5. The number of aromatic nitrogens is 1. The van der Waals surface area contributed by atoms with Crippen LogP contribution in [-0.4, -0.2) is 28.7 Å². The molecule has 0 aliphatic carbocycles. The number of hydrogen-bond acceptors (Lipinski definition) is 4. The molecule has 1 heterocycles. The van der Waals surface area contributed by atoms with E-state index < -0.39 is 12.1 Å². The molecular weight excluding hydrogens is 296 g/mol. The van der Waals surface area contributed by atoms with Gasteiger partial charge >= 0.3 is 12.1 Å². The van der Waals surface area contributed by atoms with Gasteiger partial charge in [-0.3, -0.25) is 4.98 Å². The largest absolute Gasteiger partial charge is 0.478 e. The van der Waals surface area contributed by atoms with E-state index in [9.17, 15) is 9.59 Å². The lowest BCUT2D eigenvalue weighted by atomic mass is 10.1. The van der Waals surface area contributed by atoms with Crippen molar-refractivity contribution < 1.29 is 19.4 Å². The maximum Gasteiger partial charge on any atom is 0.408 e. The highest BCUT2D eigenvalue weighted by atomic mass is 16.5. The zero-order valence-corrected chi connectivity index (χ0v) is 12.2. The molecule has 2 rings (SSSR count). The second-order valence-electron chi connectivity index (χ2n) is 4.44. The number of alkyl carbamates (subject to hydrolysis) is 1. The van der Waals surface area contributed by atoms with Crippen molar-refractivity contribution in [3.8, 4) is 11.8 Å². The first-order valence-electron chi connectivity index (χ1n) is 6.77. The van der Waals surface area contributed by atoms with Gasteiger partial charge in [0.15, 0.2) is 0 Å². The van der Waals surface area contributed by atoms with Gasteiger partial charge in [-0.05, 0) is 11.6 Å². The monoisotopic (exact) mass is 310 g/mol. The summed E-state index contributed by atoms with van der Waals surface area (Å²) in [6.07, 6.45) is 2.16. The number of hydrogen-bond donors (Lipinski definition) is 2. The molecule has 6 nitrogen and oxygen atoms in total. The lowest BCUT2D eigenvalue weighted by molar-refractivity contribution is 0.0696. The fraction of sp³-hybridized carbons (Fsp3) is 0.118. The Hall–Kier alpha value is -3.33. The first-order chi connectivity index (χ1) is 11.2. The van der Waals surface area contributed by atoms with Crippen molar-refractivity contribution in [3.05, 3.63) is 65.5 Å². The van der Waals surface area contributed by atoms with Gasteiger partial charge in [0, 0.05) is 12.4 Å². The third-order valence-corrected chi connectivity index (χ3v) is 2.81. The average Bonchev–Trinajstić information content (AvgIpc) is 2.58. The third-order valence-electron chi connectivity index (χ3n) is 2.81. The minimum atomic E-state index is -1.08. The van der Waals surface area contributed by atoms with Crippen molar-refractivity contribution in [2.75, 3.05) is 6.54 Å². The van der Waals surface area contributed by atoms with Crippen molar-refractivity contribution in [2.45, 2.75) is 6.61 Å². The Labute approximate surface area is 133 Å². The first kappa shape index (κ1) is 16.0. The fourth-order valence-corrected chi connectivity index (χ4v) is 1.71. The molecule has 0 fully saturated rings. The van der Waals surface area contributed by atoms with Crippen LogP contribution >= 0.6 is 0 Å². The molecule has 1 amide bonds. The molecule has 116 valence electrons. The molecule has 0 aliphatic heterocycles. The molecule has 2 N–H and O–H groups in total. The molecule has 0 saturated heterocycles. The van der Waals surface area contributed by atoms with Gasteiger partial charge in [0.2, 0.25) is 0 Å². The highest BCUT2D eigenvalue weighted by Gasteiger charge is 2.07. The van der Waals surface area contributed by atoms with Gasteiger partial charge in [-0.15, -0.1) is 0 Å². The zero-order chi connectivity index (χ0) is 16.5. The molecule has 23 heavy (non-hydrogen) atoms. The number of rotatable bonds is 4. The Morgan fingerprint density at radius 1 is 1.22 bits per heavy atom. The van der Waals surface area contributed by atoms with E-state index >= 15 is 0 Å². The van der Waals surface area contributed by atoms with Crippen molar-refractivity contribution >= 4 is 12.1 Å². The highest BCUT2D eigenvalue weighted by Crippen LogP contribution is 2.04. The van der Waals surface area contributed by atoms with E-state index in [1.165, 1.54) is 18.5 Å². The van der Waals surface area contributed by atoms with Gasteiger partial charge in [0.1, 0.15) is 6.61 Å². The van der Waals surface area contributed by atoms with Crippen molar-refractivity contribution in [2.24, 2.45) is 0 Å². The number of carboxylic acid groups (broad SMARTS) is 1. The molecule has 0 radical (unpaired) electrons. The average molecular weight is 310 g/mol. The number of nitrogens with zero attached hydrogens (tertiary/aromatic N) is 1. The van der Waals surface area contributed by atoms with E-state index in [0.717, 1.165) is 5.56 Å². The van der Waals surface area contributed by atoms with Crippen LogP contribution in [0.3, 0.4) is 0 Å². The maximum absolute atomic E-state index is 11.5. The first-order valence-corrected chi connectivity index (χ1v) is 6.77. The molecule has 0 spiro atoms. The van der Waals surface area contributed by atoms with Gasteiger partial charge in [-0.25, -0.2) is 9.59 Å². The molecule has 0 unspecified atom stereocenters. The molecule has 0 atom stereocenters. The van der Waals surface area contributed by atoms with Crippen LogP contribution in [0, 0.1) is 11.8 Å². The molecular formula is C17H14N2O4. The quantitative estimate of drug-likeness (QED) is 0.844. The van der Waals surface area contributed by atoms with Crippen LogP contribution in [-0.2, 0) is 11.3 Å². The minimum Gasteiger partial charge on any atom is -0.478 e. The van der Waals surface area contributed by atoms with E-state index in [2.05, 4.69) is 22.1 Å². The third kappa shape index (κ3) is 5.17. The van der Waals surface area contributed by atoms with E-state index in [1.54, 1.807) is 0 Å². The number of ether oxygens (including phenoxy) is 1. The summed E-state index contributed by atoms with van der Waals surface area (Å²) in [6, 6.07) is 10.7. The Morgan fingerprint density at radius 3 is 2.74 bits per heavy atom. The predicted octanol–water partition coefficient (Wildman–Crippen LogP) is 2.06. The second kappa shape index (κ2) is 8.20. The number of carboxylic acids is 1. The Bertz CT molecular complexity index is 748. The highest BCUT2D eigenvalue weighted by molar-refractivity contribution is 5.90. The summed E-state index contributed by atoms with van der Waals surface area (Å²) < 4.78 is 5.02. The van der Waals surface area contributed by atoms with Crippen LogP contribution in [0.4, 0.5) is 4.79 Å². The van der Waals surface area contributed by atoms with E-state index in [4.69, 9.17) is 9.84 Å². The van der Waals surface area contributed by atoms with Crippen molar-refractivity contribution in [3.63, 3.8) is 0 Å². The maximum atomic E-state index is 11.5. The summed E-state index contributed by atoms with van der Waals surface area (Å²) in [4.78, 5) is 26.3. The SMILES string of the molecule is O=C(NCC#Cc1cnccc1C(=O)O)OCc1ccccc1. The molecule has 0 saturated carbocycles. The van der Waals surface area contributed by atoms with E-state index in [-0.39, 0.29) is 18.7 Å². The molecule has 0 bridgehead atoms. The fourth-order valence-electron chi connectivity index (χ4n) is 1.71. The van der Waals surface area contributed by atoms with E-state index in [1.807, 2.05) is 30.3 Å². The van der Waals surface area contributed by atoms with Gasteiger partial charge in [-0.1, -0.05) is 42.2 Å². The Kier molecular flexibility index (Phi) is 5.72. The summed E-state index contributed by atoms with van der Waals surface area (Å²) in [5.74, 6) is 4.24. The van der Waals surface area contributed by atoms with Gasteiger partial charge < -0.3 is 15.2 Å². The molecule has 0 aliphatic rings. The normalized spacial score (nSPS) is 9.39. The van der Waals surface area contributed by atoms with Crippen molar-refractivity contribution in [1.82, 2.24) is 10.3 Å². The number of carbonyl (C=O) groups excluding carboxylic acids is 1. The van der Waals surface area contributed by atoms with Crippen LogP contribution in [0.2, 0.25) is 0 Å². The number of benzene rings is 1. The summed E-state index contributed by atoms with van der Waals surface area (Å²) in [6.45, 7) is 0.216. The topological polar surface area (TPSA) is 88.5 Å². The van der Waals surface area contributed by atoms with E-state index in [0.29, 0.717) is 5.56 Å². The van der Waals surface area contributed by atoms with Crippen LogP contribution in [0.25, 0.3) is 0 Å². The van der Waals surface area contributed by atoms with Crippen LogP contribution < -0.4 is 5.32 Å². The standard InChI is InChI=1S/C17H14N2O4/c20-16(21)15-8-10-18-11-14(15)7-4-9-19-17(22)23-12-13-5-2-1-3-6-13/h1-3,5-6,8,10-11H,9,12H2,(H,19,22)(H,20,21). The Morgan fingerprint density at radius 2 is 2.00 bits per heavy atom. The smallest absolute Gasteiger partial charge is 0.408 e. The number of carbonyl (C=O) groups is 2. The molecule has 2 aromatic rings. The molecule has 1 aromatic heterocycles. The van der Waals surface area contributed by atoms with Crippen LogP contribution in [0.5, 0.6) is 0 Å². The Balaban J connectivity index is 1.81. The number of pyridine rings is 1. The molecule has 1 aromatic carbocycles. The summed E-state index contributed by atoms with van der Waals surface area (Å²) >= 11 is 0. The van der Waals surface area contributed by atoms with Gasteiger partial charge in [-0.2, -0.15) is 0 Å². The summed E-state index contributed by atoms with van der Waals surface area (Å²) in [7, 11) is 0. The van der Waals surface area contributed by atoms with Crippen LogP contribution in [0.15, 0.2) is 48.8 Å².